The summed E-state index contributed by atoms with van der Waals surface area (Å²) in [7, 11) is 0. The first-order chi connectivity index (χ1) is 27.3. The summed E-state index contributed by atoms with van der Waals surface area (Å²) in [6.07, 6.45) is 0. The minimum atomic E-state index is 1.17. The third kappa shape index (κ3) is 4.54. The molecule has 2 nitrogen and oxygen atoms in total. The smallest absolute Gasteiger partial charge is 0.0719 e. The third-order valence-corrected chi connectivity index (χ3v) is 12.7. The van der Waals surface area contributed by atoms with Gasteiger partial charge in [-0.15, -0.1) is 11.3 Å². The molecule has 3 heterocycles. The van der Waals surface area contributed by atoms with Crippen LogP contribution in [0.4, 0.5) is 0 Å². The second-order valence-electron chi connectivity index (χ2n) is 14.5. The van der Waals surface area contributed by atoms with Crippen LogP contribution in [0.2, 0.25) is 0 Å². The SMILES string of the molecule is c1ccc(-c2ccc(-n3c4ccc(-c5ccc6c(c5)c5ccccc5n6-c5cccc6ccccc56)cc4c4ccc5c6ccccc6sc5c43)cc2)cc1. The van der Waals surface area contributed by atoms with E-state index < -0.39 is 0 Å². The summed E-state index contributed by atoms with van der Waals surface area (Å²) < 4.78 is 7.57. The first-order valence-electron chi connectivity index (χ1n) is 18.8. The molecule has 0 aliphatic carbocycles. The quantitative estimate of drug-likeness (QED) is 0.172. The number of rotatable bonds is 4. The molecule has 3 aromatic heterocycles. The van der Waals surface area contributed by atoms with Gasteiger partial charge in [-0.3, -0.25) is 0 Å². The van der Waals surface area contributed by atoms with Crippen LogP contribution in [0.15, 0.2) is 194 Å². The van der Waals surface area contributed by atoms with Gasteiger partial charge in [-0.25, -0.2) is 0 Å². The van der Waals surface area contributed by atoms with Gasteiger partial charge in [0.05, 0.1) is 32.5 Å². The van der Waals surface area contributed by atoms with Crippen molar-refractivity contribution >= 4 is 85.9 Å². The molecule has 9 aromatic carbocycles. The van der Waals surface area contributed by atoms with Crippen molar-refractivity contribution in [2.24, 2.45) is 0 Å². The highest BCUT2D eigenvalue weighted by Crippen LogP contribution is 2.44. The topological polar surface area (TPSA) is 9.86 Å². The number of para-hydroxylation sites is 1. The number of fused-ring (bicyclic) bond motifs is 11. The molecule has 0 saturated heterocycles. The van der Waals surface area contributed by atoms with Crippen LogP contribution in [-0.2, 0) is 0 Å². The van der Waals surface area contributed by atoms with E-state index in [4.69, 9.17) is 0 Å². The predicted molar refractivity (Wildman–Crippen MR) is 236 cm³/mol. The molecule has 0 aliphatic rings. The summed E-state index contributed by atoms with van der Waals surface area (Å²) in [6, 6.07) is 71.4. The van der Waals surface area contributed by atoms with Crippen LogP contribution in [0.3, 0.4) is 0 Å². The Labute approximate surface area is 321 Å². The average Bonchev–Trinajstić information content (AvgIpc) is 3.91. The van der Waals surface area contributed by atoms with Crippen molar-refractivity contribution in [3.8, 4) is 33.6 Å². The van der Waals surface area contributed by atoms with Gasteiger partial charge in [-0.1, -0.05) is 140 Å². The van der Waals surface area contributed by atoms with E-state index in [0.717, 1.165) is 0 Å². The molecule has 3 heteroatoms. The lowest BCUT2D eigenvalue weighted by molar-refractivity contribution is 1.19. The molecule has 55 heavy (non-hydrogen) atoms. The minimum Gasteiger partial charge on any atom is -0.309 e. The normalized spacial score (nSPS) is 12.0. The molecule has 0 N–H and O–H groups in total. The van der Waals surface area contributed by atoms with E-state index in [1.54, 1.807) is 0 Å². The van der Waals surface area contributed by atoms with E-state index in [1.807, 2.05) is 11.3 Å². The predicted octanol–water partition coefficient (Wildman–Crippen LogP) is 14.7. The number of thiophene rings is 1. The van der Waals surface area contributed by atoms with Crippen LogP contribution in [0.25, 0.3) is 108 Å². The van der Waals surface area contributed by atoms with Crippen LogP contribution in [0, 0.1) is 0 Å². The Morgan fingerprint density at radius 3 is 1.73 bits per heavy atom. The fraction of sp³-hybridized carbons (Fsp3) is 0. The Kier molecular flexibility index (Phi) is 6.54. The molecule has 0 bridgehead atoms. The zero-order valence-corrected chi connectivity index (χ0v) is 30.6. The van der Waals surface area contributed by atoms with Gasteiger partial charge in [-0.2, -0.15) is 0 Å². The van der Waals surface area contributed by atoms with Crippen LogP contribution >= 0.6 is 11.3 Å². The van der Waals surface area contributed by atoms with Crippen molar-refractivity contribution in [1.29, 1.82) is 0 Å². The van der Waals surface area contributed by atoms with Crippen LogP contribution in [0.1, 0.15) is 0 Å². The summed E-state index contributed by atoms with van der Waals surface area (Å²) in [5, 5.41) is 10.2. The number of hydrogen-bond acceptors (Lipinski definition) is 1. The number of nitrogens with zero attached hydrogens (tertiary/aromatic N) is 2. The molecule has 12 rings (SSSR count). The second kappa shape index (κ2) is 11.8. The molecular weight excluding hydrogens is 685 g/mol. The zero-order chi connectivity index (χ0) is 36.0. The summed E-state index contributed by atoms with van der Waals surface area (Å²) in [5.74, 6) is 0. The average molecular weight is 717 g/mol. The largest absolute Gasteiger partial charge is 0.309 e. The summed E-state index contributed by atoms with van der Waals surface area (Å²) in [4.78, 5) is 0. The van der Waals surface area contributed by atoms with E-state index in [0.29, 0.717) is 0 Å². The minimum absolute atomic E-state index is 1.17. The Bertz CT molecular complexity index is 3470. The number of benzene rings is 9. The molecule has 0 aliphatic heterocycles. The van der Waals surface area contributed by atoms with Crippen LogP contribution in [0.5, 0.6) is 0 Å². The van der Waals surface area contributed by atoms with Gasteiger partial charge >= 0.3 is 0 Å². The summed E-state index contributed by atoms with van der Waals surface area (Å²) >= 11 is 1.90. The standard InChI is InChI=1S/C52H32N2S/c1-2-11-33(12-3-1)34-21-25-38(26-22-34)53-48-29-23-37(32-45(48)42-27-28-43-41-17-7-9-20-50(41)55-52(43)51(42)53)36-24-30-49-44(31-36)40-16-6-8-18-47(40)54(49)46-19-10-14-35-13-4-5-15-39(35)46/h1-32H. The van der Waals surface area contributed by atoms with Gasteiger partial charge in [0.1, 0.15) is 0 Å². The molecule has 0 radical (unpaired) electrons. The lowest BCUT2D eigenvalue weighted by atomic mass is 10.0. The molecular formula is C52H32N2S. The molecule has 0 amide bonds. The molecule has 0 saturated carbocycles. The van der Waals surface area contributed by atoms with E-state index in [2.05, 4.69) is 203 Å². The molecule has 0 fully saturated rings. The van der Waals surface area contributed by atoms with Gasteiger partial charge in [0.25, 0.3) is 0 Å². The van der Waals surface area contributed by atoms with E-state index in [1.165, 1.54) is 108 Å². The highest BCUT2D eigenvalue weighted by atomic mass is 32.1. The maximum Gasteiger partial charge on any atom is 0.0719 e. The molecule has 256 valence electrons. The summed E-state index contributed by atoms with van der Waals surface area (Å²) in [6.45, 7) is 0. The molecule has 0 unspecified atom stereocenters. The first-order valence-corrected chi connectivity index (χ1v) is 19.7. The number of hydrogen-bond donors (Lipinski definition) is 0. The first kappa shape index (κ1) is 30.5. The van der Waals surface area contributed by atoms with Gasteiger partial charge in [0.2, 0.25) is 0 Å². The van der Waals surface area contributed by atoms with Gasteiger partial charge in [0.15, 0.2) is 0 Å². The number of aromatic nitrogens is 2. The Morgan fingerprint density at radius 2 is 0.909 bits per heavy atom. The fourth-order valence-corrected chi connectivity index (χ4v) is 10.2. The zero-order valence-electron chi connectivity index (χ0n) is 29.8. The van der Waals surface area contributed by atoms with Crippen molar-refractivity contribution in [3.05, 3.63) is 194 Å². The maximum absolute atomic E-state index is 2.49. The Hall–Kier alpha value is -6.94. The van der Waals surface area contributed by atoms with Crippen molar-refractivity contribution in [2.45, 2.75) is 0 Å². The van der Waals surface area contributed by atoms with Crippen molar-refractivity contribution < 1.29 is 0 Å². The molecule has 12 aromatic rings. The third-order valence-electron chi connectivity index (χ3n) is 11.5. The van der Waals surface area contributed by atoms with Gasteiger partial charge < -0.3 is 9.13 Å². The monoisotopic (exact) mass is 716 g/mol. The van der Waals surface area contributed by atoms with Crippen molar-refractivity contribution in [1.82, 2.24) is 9.13 Å². The second-order valence-corrected chi connectivity index (χ2v) is 15.6. The molecule has 0 atom stereocenters. The Morgan fingerprint density at radius 1 is 0.327 bits per heavy atom. The van der Waals surface area contributed by atoms with E-state index in [-0.39, 0.29) is 0 Å². The maximum atomic E-state index is 2.49. The lowest BCUT2D eigenvalue weighted by Crippen LogP contribution is -1.95. The van der Waals surface area contributed by atoms with Crippen molar-refractivity contribution in [2.75, 3.05) is 0 Å². The summed E-state index contributed by atoms with van der Waals surface area (Å²) in [5.41, 5.74) is 12.2. The van der Waals surface area contributed by atoms with Crippen LogP contribution in [-0.4, -0.2) is 9.13 Å². The highest BCUT2D eigenvalue weighted by Gasteiger charge is 2.20. The fourth-order valence-electron chi connectivity index (χ4n) is 8.98. The lowest BCUT2D eigenvalue weighted by Gasteiger charge is -2.12. The Balaban J connectivity index is 1.08. The molecule has 0 spiro atoms. The van der Waals surface area contributed by atoms with E-state index >= 15 is 0 Å². The van der Waals surface area contributed by atoms with Gasteiger partial charge in [-0.05, 0) is 82.2 Å². The van der Waals surface area contributed by atoms with Crippen LogP contribution < -0.4 is 0 Å². The highest BCUT2D eigenvalue weighted by molar-refractivity contribution is 7.26. The van der Waals surface area contributed by atoms with E-state index in [9.17, 15) is 0 Å². The van der Waals surface area contributed by atoms with Crippen molar-refractivity contribution in [3.63, 3.8) is 0 Å². The van der Waals surface area contributed by atoms with Gasteiger partial charge in [0, 0.05) is 48.1 Å².